The van der Waals surface area contributed by atoms with Crippen LogP contribution in [0, 0.1) is 11.8 Å². The summed E-state index contributed by atoms with van der Waals surface area (Å²) in [6.45, 7) is 2.71. The van der Waals surface area contributed by atoms with Crippen molar-refractivity contribution in [2.45, 2.75) is 20.3 Å². The van der Waals surface area contributed by atoms with Gasteiger partial charge in [-0.05, 0) is 64.7 Å². The minimum absolute atomic E-state index is 0.370. The third-order valence-electron chi connectivity index (χ3n) is 4.92. The molecule has 0 aliphatic heterocycles. The monoisotopic (exact) mass is 410 g/mol. The van der Waals surface area contributed by atoms with E-state index in [0.29, 0.717) is 29.0 Å². The first-order valence-electron chi connectivity index (χ1n) is 9.68. The van der Waals surface area contributed by atoms with Crippen molar-refractivity contribution in [1.29, 1.82) is 0 Å². The van der Waals surface area contributed by atoms with Crippen LogP contribution in [-0.2, 0) is 16.0 Å². The number of ether oxygens (including phenoxy) is 2. The van der Waals surface area contributed by atoms with Crippen LogP contribution in [0.2, 0.25) is 0 Å². The summed E-state index contributed by atoms with van der Waals surface area (Å²) >= 11 is 0. The molecule has 0 bridgehead atoms. The van der Waals surface area contributed by atoms with Crippen LogP contribution in [-0.4, -0.2) is 18.2 Å². The number of hydrogen-bond acceptors (Lipinski definition) is 5. The van der Waals surface area contributed by atoms with Gasteiger partial charge in [0.15, 0.2) is 6.29 Å². The largest absolute Gasteiger partial charge is 0.427 e. The molecule has 0 heterocycles. The van der Waals surface area contributed by atoms with Gasteiger partial charge in [0.05, 0.1) is 0 Å². The van der Waals surface area contributed by atoms with Crippen LogP contribution in [0.3, 0.4) is 0 Å². The second-order valence-corrected chi connectivity index (χ2v) is 7.13. The Morgan fingerprint density at radius 2 is 1.48 bits per heavy atom. The third-order valence-corrected chi connectivity index (χ3v) is 4.92. The lowest BCUT2D eigenvalue weighted by Gasteiger charge is -2.06. The van der Waals surface area contributed by atoms with Gasteiger partial charge in [0.1, 0.15) is 11.5 Å². The maximum atomic E-state index is 11.7. The smallest absolute Gasteiger partial charge is 0.308 e. The van der Waals surface area contributed by atoms with Gasteiger partial charge < -0.3 is 9.47 Å². The van der Waals surface area contributed by atoms with E-state index in [0.717, 1.165) is 34.1 Å². The van der Waals surface area contributed by atoms with Gasteiger partial charge in [-0.25, -0.2) is 0 Å². The second-order valence-electron chi connectivity index (χ2n) is 7.13. The van der Waals surface area contributed by atoms with Crippen LogP contribution in [0.25, 0.3) is 11.1 Å². The first-order chi connectivity index (χ1) is 14.9. The highest BCUT2D eigenvalue weighted by atomic mass is 16.5. The summed E-state index contributed by atoms with van der Waals surface area (Å²) < 4.78 is 10.2. The van der Waals surface area contributed by atoms with Crippen molar-refractivity contribution in [3.05, 3.63) is 82.4 Å². The number of hydrogen-bond donors (Lipinski definition) is 0. The summed E-state index contributed by atoms with van der Waals surface area (Å²) in [7, 11) is 0. The molecule has 5 nitrogen and oxygen atoms in total. The quantitative estimate of drug-likeness (QED) is 0.218. The van der Waals surface area contributed by atoms with Crippen molar-refractivity contribution >= 4 is 18.2 Å². The Hall–Kier alpha value is -4.17. The van der Waals surface area contributed by atoms with Crippen LogP contribution < -0.4 is 9.47 Å². The fraction of sp³-hybridized carbons (Fsp3) is 0.115. The maximum absolute atomic E-state index is 11.7. The van der Waals surface area contributed by atoms with Crippen LogP contribution in [0.4, 0.5) is 0 Å². The minimum Gasteiger partial charge on any atom is -0.427 e. The first kappa shape index (κ1) is 20.1. The van der Waals surface area contributed by atoms with Gasteiger partial charge in [0.25, 0.3) is 0 Å². The lowest BCUT2D eigenvalue weighted by atomic mass is 9.96. The number of benzene rings is 3. The van der Waals surface area contributed by atoms with Crippen LogP contribution in [0.5, 0.6) is 11.5 Å². The predicted molar refractivity (Wildman–Crippen MR) is 115 cm³/mol. The highest BCUT2D eigenvalue weighted by Crippen LogP contribution is 2.40. The SMILES string of the molecule is CC(=O)Oc1ccc(C#Cc2c(C=O)ccc3c2Cc2cc(OC(C)=O)ccc2-3)cc1. The van der Waals surface area contributed by atoms with E-state index in [2.05, 4.69) is 11.8 Å². The normalized spacial score (nSPS) is 10.9. The zero-order chi connectivity index (χ0) is 22.0. The standard InChI is InChI=1S/C26H18O5/c1-16(28)30-21-7-3-18(4-8-21)5-10-23-19(15-27)6-11-25-24-12-9-22(31-17(2)29)13-20(24)14-26(23)25/h3-4,6-9,11-13,15H,14H2,1-2H3. The Morgan fingerprint density at radius 3 is 2.16 bits per heavy atom. The van der Waals surface area contributed by atoms with Gasteiger partial charge in [-0.2, -0.15) is 0 Å². The predicted octanol–water partition coefficient (Wildman–Crippen LogP) is 4.32. The number of carbonyl (C=O) groups excluding carboxylic acids is 3. The molecular formula is C26H18O5. The lowest BCUT2D eigenvalue weighted by Crippen LogP contribution is -2.01. The van der Waals surface area contributed by atoms with E-state index in [1.165, 1.54) is 13.8 Å². The molecule has 152 valence electrons. The molecule has 0 fully saturated rings. The number of aldehydes is 1. The molecule has 4 rings (SSSR count). The number of esters is 2. The molecule has 5 heteroatoms. The van der Waals surface area contributed by atoms with Crippen molar-refractivity contribution < 1.29 is 23.9 Å². The highest BCUT2D eigenvalue weighted by molar-refractivity contribution is 5.88. The van der Waals surface area contributed by atoms with E-state index < -0.39 is 0 Å². The van der Waals surface area contributed by atoms with Crippen molar-refractivity contribution in [2.24, 2.45) is 0 Å². The van der Waals surface area contributed by atoms with Crippen molar-refractivity contribution in [3.8, 4) is 34.5 Å². The Morgan fingerprint density at radius 1 is 0.839 bits per heavy atom. The lowest BCUT2D eigenvalue weighted by molar-refractivity contribution is -0.132. The third kappa shape index (κ3) is 4.24. The first-order valence-corrected chi connectivity index (χ1v) is 9.68. The molecule has 31 heavy (non-hydrogen) atoms. The molecule has 0 amide bonds. The van der Waals surface area contributed by atoms with Crippen LogP contribution in [0.15, 0.2) is 54.6 Å². The van der Waals surface area contributed by atoms with E-state index in [1.54, 1.807) is 36.4 Å². The number of carbonyl (C=O) groups is 3. The minimum atomic E-state index is -0.384. The topological polar surface area (TPSA) is 69.7 Å². The fourth-order valence-electron chi connectivity index (χ4n) is 3.65. The summed E-state index contributed by atoms with van der Waals surface area (Å²) in [6.07, 6.45) is 1.40. The van der Waals surface area contributed by atoms with Gasteiger partial charge in [-0.1, -0.05) is 24.0 Å². The van der Waals surface area contributed by atoms with Crippen molar-refractivity contribution in [1.82, 2.24) is 0 Å². The summed E-state index contributed by atoms with van der Waals surface area (Å²) in [5.41, 5.74) is 5.99. The molecule has 1 aliphatic rings. The molecule has 1 aliphatic carbocycles. The van der Waals surface area contributed by atoms with Crippen LogP contribution >= 0.6 is 0 Å². The summed E-state index contributed by atoms with van der Waals surface area (Å²) in [4.78, 5) is 34.0. The van der Waals surface area contributed by atoms with Crippen LogP contribution in [0.1, 0.15) is 46.5 Å². The fourth-order valence-corrected chi connectivity index (χ4v) is 3.65. The molecule has 0 saturated heterocycles. The van der Waals surface area contributed by atoms with E-state index in [9.17, 15) is 14.4 Å². The second kappa shape index (κ2) is 8.29. The van der Waals surface area contributed by atoms with Gasteiger partial charge in [0.2, 0.25) is 0 Å². The zero-order valence-corrected chi connectivity index (χ0v) is 17.0. The zero-order valence-electron chi connectivity index (χ0n) is 17.0. The van der Waals surface area contributed by atoms with Gasteiger partial charge >= 0.3 is 11.9 Å². The molecule has 0 atom stereocenters. The van der Waals surface area contributed by atoms with E-state index in [-0.39, 0.29) is 11.9 Å². The highest BCUT2D eigenvalue weighted by Gasteiger charge is 2.23. The molecular weight excluding hydrogens is 392 g/mol. The van der Waals surface area contributed by atoms with Gasteiger partial charge in [-0.3, -0.25) is 14.4 Å². The van der Waals surface area contributed by atoms with Crippen molar-refractivity contribution in [2.75, 3.05) is 0 Å². The maximum Gasteiger partial charge on any atom is 0.308 e. The average molecular weight is 410 g/mol. The molecule has 3 aromatic rings. The number of fused-ring (bicyclic) bond motifs is 3. The molecule has 0 spiro atoms. The van der Waals surface area contributed by atoms with E-state index >= 15 is 0 Å². The van der Waals surface area contributed by atoms with Gasteiger partial charge in [0, 0.05) is 37.0 Å². The molecule has 0 unspecified atom stereocenters. The Bertz CT molecular complexity index is 1270. The summed E-state index contributed by atoms with van der Waals surface area (Å²) in [6, 6.07) is 16.1. The Labute approximate surface area is 179 Å². The van der Waals surface area contributed by atoms with Gasteiger partial charge in [-0.15, -0.1) is 0 Å². The summed E-state index contributed by atoms with van der Waals surface area (Å²) in [5, 5.41) is 0. The number of rotatable bonds is 3. The molecule has 0 aromatic heterocycles. The molecule has 0 radical (unpaired) electrons. The Kier molecular flexibility index (Phi) is 5.38. The average Bonchev–Trinajstić information content (AvgIpc) is 3.10. The van der Waals surface area contributed by atoms with Crippen molar-refractivity contribution in [3.63, 3.8) is 0 Å². The van der Waals surface area contributed by atoms with E-state index in [4.69, 9.17) is 9.47 Å². The Balaban J connectivity index is 1.69. The molecule has 3 aromatic carbocycles. The summed E-state index contributed by atoms with van der Waals surface area (Å²) in [5.74, 6) is 6.43. The molecule has 0 saturated carbocycles. The van der Waals surface area contributed by atoms with E-state index in [1.807, 2.05) is 18.2 Å². The molecule has 0 N–H and O–H groups in total.